The second-order valence-electron chi connectivity index (χ2n) is 6.20. The number of aromatic nitrogens is 4. The summed E-state index contributed by atoms with van der Waals surface area (Å²) in [6.45, 7) is 3.59. The summed E-state index contributed by atoms with van der Waals surface area (Å²) >= 11 is 0. The van der Waals surface area contributed by atoms with Gasteiger partial charge in [-0.2, -0.15) is 9.97 Å². The average molecular weight is 355 g/mol. The van der Waals surface area contributed by atoms with Gasteiger partial charge in [0.2, 0.25) is 0 Å². The van der Waals surface area contributed by atoms with E-state index in [0.717, 1.165) is 35.7 Å². The van der Waals surface area contributed by atoms with Crippen molar-refractivity contribution in [1.29, 1.82) is 0 Å². The fourth-order valence-corrected chi connectivity index (χ4v) is 3.03. The zero-order valence-corrected chi connectivity index (χ0v) is 14.9. The lowest BCUT2D eigenvalue weighted by atomic mass is 10.2. The fourth-order valence-electron chi connectivity index (χ4n) is 3.03. The molecule has 1 aliphatic rings. The maximum atomic E-state index is 6.07. The predicted octanol–water partition coefficient (Wildman–Crippen LogP) is 2.33. The summed E-state index contributed by atoms with van der Waals surface area (Å²) in [5.74, 6) is 2.60. The average Bonchev–Trinajstić information content (AvgIpc) is 2.94. The molecular weight excluding hydrogens is 334 g/mol. The Hall–Kier alpha value is -3.03. The Bertz CT molecular complexity index is 954. The minimum Gasteiger partial charge on any atom is -0.493 e. The number of ether oxygens (including phenoxy) is 3. The maximum absolute atomic E-state index is 6.07. The van der Waals surface area contributed by atoms with E-state index < -0.39 is 0 Å². The summed E-state index contributed by atoms with van der Waals surface area (Å²) < 4.78 is 19.0. The summed E-state index contributed by atoms with van der Waals surface area (Å²) in [6.07, 6.45) is 1.67. The van der Waals surface area contributed by atoms with Gasteiger partial charge in [-0.25, -0.2) is 4.98 Å². The third kappa shape index (κ3) is 2.98. The number of nitrogens with zero attached hydrogens (tertiary/aromatic N) is 4. The van der Waals surface area contributed by atoms with Crippen molar-refractivity contribution in [3.05, 3.63) is 29.6 Å². The number of aryl methyl sites for hydroxylation is 1. The molecule has 0 saturated carbocycles. The van der Waals surface area contributed by atoms with E-state index in [1.165, 1.54) is 0 Å². The molecule has 0 unspecified atom stereocenters. The highest BCUT2D eigenvalue weighted by molar-refractivity contribution is 5.82. The summed E-state index contributed by atoms with van der Waals surface area (Å²) in [4.78, 5) is 13.3. The fraction of sp³-hybridized carbons (Fsp3) is 0.389. The first kappa shape index (κ1) is 16.4. The first-order valence-electron chi connectivity index (χ1n) is 8.58. The van der Waals surface area contributed by atoms with Crippen LogP contribution >= 0.6 is 0 Å². The number of nitrogens with two attached hydrogens (primary N) is 1. The van der Waals surface area contributed by atoms with E-state index in [1.54, 1.807) is 7.11 Å². The van der Waals surface area contributed by atoms with Crippen LogP contribution in [0, 0.1) is 6.92 Å². The lowest BCUT2D eigenvalue weighted by Crippen LogP contribution is -2.09. The van der Waals surface area contributed by atoms with Crippen molar-refractivity contribution in [3.8, 4) is 17.5 Å². The van der Waals surface area contributed by atoms with Crippen LogP contribution in [0.5, 0.6) is 17.5 Å². The minimum atomic E-state index is 0.282. The van der Waals surface area contributed by atoms with Crippen LogP contribution in [-0.2, 0) is 6.54 Å². The lowest BCUT2D eigenvalue weighted by molar-refractivity contribution is 0.249. The minimum absolute atomic E-state index is 0.282. The number of nitrogen functional groups attached to an aromatic ring is 1. The number of fused-ring (bicyclic) bond motifs is 3. The van der Waals surface area contributed by atoms with E-state index in [1.807, 2.05) is 29.7 Å². The van der Waals surface area contributed by atoms with Crippen molar-refractivity contribution in [2.24, 2.45) is 0 Å². The predicted molar refractivity (Wildman–Crippen MR) is 96.8 cm³/mol. The SMILES string of the molecule is COc1ccc2cc1OCCCCOc1nc(N)c3nc(C)n(c3n1)C2. The summed E-state index contributed by atoms with van der Waals surface area (Å²) in [5, 5.41) is 0. The zero-order chi connectivity index (χ0) is 18.1. The molecule has 0 fully saturated rings. The molecule has 0 aliphatic carbocycles. The Morgan fingerprint density at radius 3 is 2.73 bits per heavy atom. The second kappa shape index (κ2) is 6.70. The molecule has 1 aromatic carbocycles. The highest BCUT2D eigenvalue weighted by Gasteiger charge is 2.16. The van der Waals surface area contributed by atoms with E-state index in [0.29, 0.717) is 36.7 Å². The topological polar surface area (TPSA) is 97.3 Å². The molecule has 4 rings (SSSR count). The molecule has 1 aliphatic heterocycles. The Kier molecular flexibility index (Phi) is 4.24. The molecule has 0 atom stereocenters. The van der Waals surface area contributed by atoms with Gasteiger partial charge in [0.15, 0.2) is 28.5 Å². The quantitative estimate of drug-likeness (QED) is 0.715. The van der Waals surface area contributed by atoms with Gasteiger partial charge in [0.1, 0.15) is 5.82 Å². The van der Waals surface area contributed by atoms with Crippen LogP contribution in [0.1, 0.15) is 24.2 Å². The van der Waals surface area contributed by atoms with Crippen LogP contribution in [0.25, 0.3) is 11.2 Å². The Morgan fingerprint density at radius 1 is 1.12 bits per heavy atom. The molecule has 0 saturated heterocycles. The van der Waals surface area contributed by atoms with Gasteiger partial charge in [-0.15, -0.1) is 0 Å². The molecule has 136 valence electrons. The second-order valence-corrected chi connectivity index (χ2v) is 6.20. The molecule has 0 radical (unpaired) electrons. The Labute approximate surface area is 150 Å². The highest BCUT2D eigenvalue weighted by Crippen LogP contribution is 2.30. The third-order valence-corrected chi connectivity index (χ3v) is 4.39. The number of benzene rings is 1. The van der Waals surface area contributed by atoms with Crippen LogP contribution in [-0.4, -0.2) is 39.8 Å². The smallest absolute Gasteiger partial charge is 0.320 e. The lowest BCUT2D eigenvalue weighted by Gasteiger charge is -2.14. The van der Waals surface area contributed by atoms with Gasteiger partial charge in [0, 0.05) is 0 Å². The Balaban J connectivity index is 1.84. The molecule has 3 heterocycles. The van der Waals surface area contributed by atoms with Crippen LogP contribution in [0.4, 0.5) is 5.82 Å². The van der Waals surface area contributed by atoms with E-state index in [9.17, 15) is 0 Å². The summed E-state index contributed by atoms with van der Waals surface area (Å²) in [5.41, 5.74) is 8.38. The zero-order valence-electron chi connectivity index (χ0n) is 14.9. The van der Waals surface area contributed by atoms with E-state index in [-0.39, 0.29) is 6.01 Å². The molecule has 0 amide bonds. The molecule has 26 heavy (non-hydrogen) atoms. The monoisotopic (exact) mass is 355 g/mol. The van der Waals surface area contributed by atoms with Crippen LogP contribution in [0.3, 0.4) is 0 Å². The highest BCUT2D eigenvalue weighted by atomic mass is 16.5. The van der Waals surface area contributed by atoms with E-state index in [2.05, 4.69) is 15.0 Å². The van der Waals surface area contributed by atoms with E-state index in [4.69, 9.17) is 19.9 Å². The van der Waals surface area contributed by atoms with Crippen LogP contribution < -0.4 is 19.9 Å². The molecule has 8 nitrogen and oxygen atoms in total. The van der Waals surface area contributed by atoms with Crippen molar-refractivity contribution in [1.82, 2.24) is 19.5 Å². The largest absolute Gasteiger partial charge is 0.493 e. The van der Waals surface area contributed by atoms with Gasteiger partial charge >= 0.3 is 6.01 Å². The van der Waals surface area contributed by atoms with E-state index >= 15 is 0 Å². The van der Waals surface area contributed by atoms with Crippen molar-refractivity contribution in [2.75, 3.05) is 26.1 Å². The molecule has 0 spiro atoms. The van der Waals surface area contributed by atoms with Gasteiger partial charge in [-0.05, 0) is 37.5 Å². The van der Waals surface area contributed by atoms with Gasteiger partial charge in [-0.3, -0.25) is 0 Å². The normalized spacial score (nSPS) is 14.5. The van der Waals surface area contributed by atoms with Crippen LogP contribution in [0.15, 0.2) is 18.2 Å². The standard InChI is InChI=1S/C18H21N5O3/c1-11-20-15-16(19)21-18-22-17(15)23(11)10-12-5-6-13(24-2)14(9-12)25-7-3-4-8-26-18/h5-6,9H,3-4,7-8,10H2,1-2H3,(H2,19,21,22). The number of imidazole rings is 1. The molecule has 4 bridgehead atoms. The number of rotatable bonds is 1. The van der Waals surface area contributed by atoms with Gasteiger partial charge in [0.25, 0.3) is 0 Å². The third-order valence-electron chi connectivity index (χ3n) is 4.39. The van der Waals surface area contributed by atoms with Gasteiger partial charge in [-0.1, -0.05) is 6.07 Å². The Morgan fingerprint density at radius 2 is 1.92 bits per heavy atom. The number of hydrogen-bond donors (Lipinski definition) is 1. The van der Waals surface area contributed by atoms with Crippen LogP contribution in [0.2, 0.25) is 0 Å². The summed E-state index contributed by atoms with van der Waals surface area (Å²) in [7, 11) is 1.64. The number of anilines is 1. The van der Waals surface area contributed by atoms with Crippen molar-refractivity contribution in [2.45, 2.75) is 26.3 Å². The first-order chi connectivity index (χ1) is 12.7. The maximum Gasteiger partial charge on any atom is 0.320 e. The first-order valence-corrected chi connectivity index (χ1v) is 8.58. The van der Waals surface area contributed by atoms with Crippen molar-refractivity contribution >= 4 is 17.0 Å². The number of hydrogen-bond acceptors (Lipinski definition) is 7. The molecule has 8 heteroatoms. The molecule has 2 aromatic heterocycles. The molecule has 3 aromatic rings. The van der Waals surface area contributed by atoms with Gasteiger partial charge < -0.3 is 24.5 Å². The van der Waals surface area contributed by atoms with Crippen molar-refractivity contribution < 1.29 is 14.2 Å². The van der Waals surface area contributed by atoms with Crippen molar-refractivity contribution in [3.63, 3.8) is 0 Å². The number of methoxy groups -OCH3 is 1. The summed E-state index contributed by atoms with van der Waals surface area (Å²) in [6, 6.07) is 6.20. The molecular formula is C18H21N5O3. The van der Waals surface area contributed by atoms with Gasteiger partial charge in [0.05, 0.1) is 26.9 Å². The molecule has 2 N–H and O–H groups in total.